The van der Waals surface area contributed by atoms with Crippen molar-refractivity contribution in [3.8, 4) is 0 Å². The molecule has 1 N–H and O–H groups in total. The van der Waals surface area contributed by atoms with Gasteiger partial charge in [0.05, 0.1) is 5.69 Å². The Morgan fingerprint density at radius 2 is 1.94 bits per heavy atom. The van der Waals surface area contributed by atoms with Gasteiger partial charge in [-0.05, 0) is 29.4 Å². The fourth-order valence-electron chi connectivity index (χ4n) is 2.16. The van der Waals surface area contributed by atoms with Crippen LogP contribution in [0.15, 0.2) is 12.1 Å². The zero-order chi connectivity index (χ0) is 11.9. The molecule has 1 aromatic rings. The third kappa shape index (κ3) is 2.04. The summed E-state index contributed by atoms with van der Waals surface area (Å²) >= 11 is 0. The van der Waals surface area contributed by atoms with Crippen molar-refractivity contribution in [1.29, 1.82) is 0 Å². The molecule has 1 heterocycles. The number of fused-ring (bicyclic) bond motifs is 1. The van der Waals surface area contributed by atoms with E-state index < -0.39 is 11.6 Å². The topological polar surface area (TPSA) is 12.0 Å². The first-order valence-corrected chi connectivity index (χ1v) is 5.59. The number of benzene rings is 1. The van der Waals surface area contributed by atoms with E-state index in [0.29, 0.717) is 11.6 Å². The highest BCUT2D eigenvalue weighted by molar-refractivity contribution is 5.54. The minimum atomic E-state index is -0.493. The lowest BCUT2D eigenvalue weighted by Crippen LogP contribution is -2.33. The molecule has 88 valence electrons. The molecule has 3 heteroatoms. The molecule has 0 aromatic heterocycles. The van der Waals surface area contributed by atoms with Gasteiger partial charge in [0.25, 0.3) is 0 Å². The second-order valence-electron chi connectivity index (χ2n) is 5.57. The third-order valence-electron chi connectivity index (χ3n) is 3.35. The average Bonchev–Trinajstić information content (AvgIpc) is 2.15. The summed E-state index contributed by atoms with van der Waals surface area (Å²) < 4.78 is 26.6. The quantitative estimate of drug-likeness (QED) is 0.711. The lowest BCUT2D eigenvalue weighted by Gasteiger charge is -2.35. The van der Waals surface area contributed by atoms with E-state index in [1.165, 1.54) is 6.07 Å². The summed E-state index contributed by atoms with van der Waals surface area (Å²) in [5.74, 6) is -0.573. The van der Waals surface area contributed by atoms with E-state index >= 15 is 0 Å². The van der Waals surface area contributed by atoms with Crippen LogP contribution in [0.5, 0.6) is 0 Å². The van der Waals surface area contributed by atoms with Crippen molar-refractivity contribution in [2.45, 2.75) is 27.2 Å². The summed E-state index contributed by atoms with van der Waals surface area (Å²) in [7, 11) is 0. The number of hydrogen-bond acceptors (Lipinski definition) is 1. The van der Waals surface area contributed by atoms with Crippen LogP contribution in [0.25, 0.3) is 0 Å². The highest BCUT2D eigenvalue weighted by atomic mass is 19.1. The van der Waals surface area contributed by atoms with Gasteiger partial charge in [0, 0.05) is 12.6 Å². The monoisotopic (exact) mass is 225 g/mol. The van der Waals surface area contributed by atoms with E-state index in [4.69, 9.17) is 0 Å². The normalized spacial score (nSPS) is 20.2. The van der Waals surface area contributed by atoms with Gasteiger partial charge in [-0.25, -0.2) is 8.78 Å². The van der Waals surface area contributed by atoms with Crippen LogP contribution in [0.1, 0.15) is 26.3 Å². The van der Waals surface area contributed by atoms with Crippen LogP contribution in [-0.2, 0) is 6.42 Å². The Morgan fingerprint density at radius 3 is 2.56 bits per heavy atom. The summed E-state index contributed by atoms with van der Waals surface area (Å²) in [6, 6.07) is 2.37. The van der Waals surface area contributed by atoms with E-state index in [-0.39, 0.29) is 5.41 Å². The van der Waals surface area contributed by atoms with Crippen molar-refractivity contribution in [2.24, 2.45) is 11.3 Å². The van der Waals surface area contributed by atoms with Crippen molar-refractivity contribution in [3.63, 3.8) is 0 Å². The average molecular weight is 225 g/mol. The zero-order valence-electron chi connectivity index (χ0n) is 9.90. The molecule has 0 radical (unpaired) electrons. The molecule has 1 aromatic carbocycles. The van der Waals surface area contributed by atoms with Crippen LogP contribution in [0.2, 0.25) is 0 Å². The summed E-state index contributed by atoms with van der Waals surface area (Å²) in [4.78, 5) is 0. The Balaban J connectivity index is 2.34. The first kappa shape index (κ1) is 11.4. The molecule has 16 heavy (non-hydrogen) atoms. The Bertz CT molecular complexity index is 407. The molecule has 0 saturated heterocycles. The SMILES string of the molecule is CC(C)(C)C1CNc2c(F)cc(F)cc2C1. The van der Waals surface area contributed by atoms with Crippen LogP contribution in [0, 0.1) is 23.0 Å². The van der Waals surface area contributed by atoms with Gasteiger partial charge in [-0.3, -0.25) is 0 Å². The van der Waals surface area contributed by atoms with E-state index in [0.717, 1.165) is 24.6 Å². The number of hydrogen-bond donors (Lipinski definition) is 1. The summed E-state index contributed by atoms with van der Waals surface area (Å²) in [5.41, 5.74) is 1.37. The van der Waals surface area contributed by atoms with Gasteiger partial charge in [0.1, 0.15) is 11.6 Å². The van der Waals surface area contributed by atoms with Crippen LogP contribution >= 0.6 is 0 Å². The third-order valence-corrected chi connectivity index (χ3v) is 3.35. The molecule has 1 atom stereocenters. The second kappa shape index (κ2) is 3.72. The van der Waals surface area contributed by atoms with Crippen molar-refractivity contribution in [1.82, 2.24) is 0 Å². The van der Waals surface area contributed by atoms with Crippen LogP contribution in [0.4, 0.5) is 14.5 Å². The van der Waals surface area contributed by atoms with Crippen LogP contribution in [-0.4, -0.2) is 6.54 Å². The minimum Gasteiger partial charge on any atom is -0.382 e. The Labute approximate surface area is 94.9 Å². The smallest absolute Gasteiger partial charge is 0.149 e. The van der Waals surface area contributed by atoms with Crippen LogP contribution in [0.3, 0.4) is 0 Å². The molecule has 1 aliphatic heterocycles. The molecule has 2 rings (SSSR count). The van der Waals surface area contributed by atoms with E-state index in [1.807, 2.05) is 0 Å². The van der Waals surface area contributed by atoms with Gasteiger partial charge in [-0.15, -0.1) is 0 Å². The molecule has 0 saturated carbocycles. The van der Waals surface area contributed by atoms with Gasteiger partial charge >= 0.3 is 0 Å². The summed E-state index contributed by atoms with van der Waals surface area (Å²) in [6.07, 6.45) is 0.737. The Hall–Kier alpha value is -1.12. The fourth-order valence-corrected chi connectivity index (χ4v) is 2.16. The van der Waals surface area contributed by atoms with Crippen LogP contribution < -0.4 is 5.32 Å². The minimum absolute atomic E-state index is 0.146. The lowest BCUT2D eigenvalue weighted by atomic mass is 9.75. The molecule has 0 fully saturated rings. The standard InChI is InChI=1S/C13H17F2N/c1-13(2,3)9-4-8-5-10(14)6-11(15)12(8)16-7-9/h5-6,9,16H,4,7H2,1-3H3. The second-order valence-corrected chi connectivity index (χ2v) is 5.57. The van der Waals surface area contributed by atoms with E-state index in [9.17, 15) is 8.78 Å². The number of nitrogens with one attached hydrogen (secondary N) is 1. The summed E-state index contributed by atoms with van der Waals surface area (Å²) in [5, 5.41) is 3.07. The summed E-state index contributed by atoms with van der Waals surface area (Å²) in [6.45, 7) is 7.21. The highest BCUT2D eigenvalue weighted by Crippen LogP contribution is 2.36. The Morgan fingerprint density at radius 1 is 1.25 bits per heavy atom. The van der Waals surface area contributed by atoms with E-state index in [1.54, 1.807) is 0 Å². The van der Waals surface area contributed by atoms with Crippen molar-refractivity contribution >= 4 is 5.69 Å². The number of rotatable bonds is 0. The predicted octanol–water partition coefficient (Wildman–Crippen LogP) is 3.60. The van der Waals surface area contributed by atoms with Gasteiger partial charge < -0.3 is 5.32 Å². The van der Waals surface area contributed by atoms with Gasteiger partial charge in [-0.1, -0.05) is 20.8 Å². The Kier molecular flexibility index (Phi) is 2.64. The van der Waals surface area contributed by atoms with Gasteiger partial charge in [0.2, 0.25) is 0 Å². The molecule has 1 aliphatic rings. The molecule has 0 aliphatic carbocycles. The predicted molar refractivity (Wildman–Crippen MR) is 61.5 cm³/mol. The largest absolute Gasteiger partial charge is 0.382 e. The molecular formula is C13H17F2N. The molecule has 1 unspecified atom stereocenters. The highest BCUT2D eigenvalue weighted by Gasteiger charge is 2.29. The van der Waals surface area contributed by atoms with Crippen molar-refractivity contribution in [2.75, 3.05) is 11.9 Å². The number of anilines is 1. The fraction of sp³-hybridized carbons (Fsp3) is 0.538. The molecular weight excluding hydrogens is 208 g/mol. The zero-order valence-corrected chi connectivity index (χ0v) is 9.90. The maximum absolute atomic E-state index is 13.5. The molecule has 0 spiro atoms. The first-order chi connectivity index (χ1) is 7.38. The van der Waals surface area contributed by atoms with Gasteiger partial charge in [0.15, 0.2) is 0 Å². The molecule has 1 nitrogen and oxygen atoms in total. The van der Waals surface area contributed by atoms with Gasteiger partial charge in [-0.2, -0.15) is 0 Å². The number of halogens is 2. The lowest BCUT2D eigenvalue weighted by molar-refractivity contribution is 0.246. The molecule has 0 bridgehead atoms. The van der Waals surface area contributed by atoms with Crippen molar-refractivity contribution < 1.29 is 8.78 Å². The maximum Gasteiger partial charge on any atom is 0.149 e. The van der Waals surface area contributed by atoms with E-state index in [2.05, 4.69) is 26.1 Å². The van der Waals surface area contributed by atoms with Crippen molar-refractivity contribution in [3.05, 3.63) is 29.3 Å². The first-order valence-electron chi connectivity index (χ1n) is 5.59. The molecule has 0 amide bonds. The maximum atomic E-state index is 13.5.